The molecule has 0 N–H and O–H groups in total. The lowest BCUT2D eigenvalue weighted by Crippen LogP contribution is -2.22. The van der Waals surface area contributed by atoms with Gasteiger partial charge in [0.2, 0.25) is 0 Å². The molecular formula is C15H18BrNO2. The van der Waals surface area contributed by atoms with Gasteiger partial charge in [0, 0.05) is 6.54 Å². The van der Waals surface area contributed by atoms with Crippen LogP contribution < -0.4 is 4.74 Å². The van der Waals surface area contributed by atoms with Crippen LogP contribution in [0.3, 0.4) is 0 Å². The lowest BCUT2D eigenvalue weighted by Gasteiger charge is -2.19. The number of halogens is 1. The molecule has 0 aliphatic carbocycles. The Kier molecular flexibility index (Phi) is 5.05. The highest BCUT2D eigenvalue weighted by atomic mass is 79.9. The van der Waals surface area contributed by atoms with Crippen molar-refractivity contribution in [2.75, 3.05) is 13.7 Å². The second-order valence-electron chi connectivity index (χ2n) is 4.35. The first kappa shape index (κ1) is 14.2. The number of furan rings is 1. The molecule has 2 aromatic rings. The molecule has 0 unspecified atom stereocenters. The second-order valence-corrected chi connectivity index (χ2v) is 5.21. The SMILES string of the molecule is CCN(Cc1ccc(OC)c(Br)c1)Cc1ccco1. The van der Waals surface area contributed by atoms with Crippen molar-refractivity contribution in [2.24, 2.45) is 0 Å². The van der Waals surface area contributed by atoms with Crippen LogP contribution in [0.15, 0.2) is 45.5 Å². The van der Waals surface area contributed by atoms with Gasteiger partial charge in [-0.05, 0) is 52.3 Å². The largest absolute Gasteiger partial charge is 0.496 e. The molecule has 102 valence electrons. The van der Waals surface area contributed by atoms with Gasteiger partial charge in [0.15, 0.2) is 0 Å². The molecule has 19 heavy (non-hydrogen) atoms. The number of ether oxygens (including phenoxy) is 1. The smallest absolute Gasteiger partial charge is 0.133 e. The fourth-order valence-corrected chi connectivity index (χ4v) is 2.56. The van der Waals surface area contributed by atoms with Gasteiger partial charge in [-0.25, -0.2) is 0 Å². The van der Waals surface area contributed by atoms with Gasteiger partial charge in [0.05, 0.1) is 24.4 Å². The van der Waals surface area contributed by atoms with E-state index in [2.05, 4.69) is 39.9 Å². The summed E-state index contributed by atoms with van der Waals surface area (Å²) >= 11 is 3.52. The fraction of sp³-hybridized carbons (Fsp3) is 0.333. The van der Waals surface area contributed by atoms with Gasteiger partial charge in [-0.2, -0.15) is 0 Å². The van der Waals surface area contributed by atoms with Crippen LogP contribution in [0.5, 0.6) is 5.75 Å². The highest BCUT2D eigenvalue weighted by Gasteiger charge is 2.08. The van der Waals surface area contributed by atoms with E-state index < -0.39 is 0 Å². The summed E-state index contributed by atoms with van der Waals surface area (Å²) in [6.07, 6.45) is 1.72. The minimum atomic E-state index is 0.827. The Morgan fingerprint density at radius 3 is 2.68 bits per heavy atom. The molecule has 3 nitrogen and oxygen atoms in total. The first-order valence-electron chi connectivity index (χ1n) is 6.30. The highest BCUT2D eigenvalue weighted by Crippen LogP contribution is 2.26. The van der Waals surface area contributed by atoms with E-state index in [-0.39, 0.29) is 0 Å². The summed E-state index contributed by atoms with van der Waals surface area (Å²) in [5.74, 6) is 1.85. The highest BCUT2D eigenvalue weighted by molar-refractivity contribution is 9.10. The summed E-state index contributed by atoms with van der Waals surface area (Å²) < 4.78 is 11.6. The van der Waals surface area contributed by atoms with Gasteiger partial charge in [0.1, 0.15) is 11.5 Å². The van der Waals surface area contributed by atoms with E-state index in [0.29, 0.717) is 0 Å². The molecule has 4 heteroatoms. The van der Waals surface area contributed by atoms with Crippen molar-refractivity contribution in [1.29, 1.82) is 0 Å². The van der Waals surface area contributed by atoms with Gasteiger partial charge in [-0.3, -0.25) is 4.90 Å². The van der Waals surface area contributed by atoms with Crippen molar-refractivity contribution in [1.82, 2.24) is 4.90 Å². The molecule has 2 rings (SSSR count). The second kappa shape index (κ2) is 6.78. The van der Waals surface area contributed by atoms with E-state index in [0.717, 1.165) is 35.6 Å². The van der Waals surface area contributed by atoms with Crippen molar-refractivity contribution < 1.29 is 9.15 Å². The molecule has 0 aliphatic heterocycles. The zero-order valence-corrected chi connectivity index (χ0v) is 12.8. The molecule has 0 radical (unpaired) electrons. The molecule has 0 atom stereocenters. The van der Waals surface area contributed by atoms with E-state index in [1.165, 1.54) is 5.56 Å². The number of methoxy groups -OCH3 is 1. The summed E-state index contributed by atoms with van der Waals surface area (Å²) in [4.78, 5) is 2.33. The summed E-state index contributed by atoms with van der Waals surface area (Å²) in [6.45, 7) is 4.85. The van der Waals surface area contributed by atoms with E-state index in [1.54, 1.807) is 13.4 Å². The Balaban J connectivity index is 2.03. The predicted octanol–water partition coefficient (Wildman–Crippen LogP) is 4.07. The van der Waals surface area contributed by atoms with Gasteiger partial charge >= 0.3 is 0 Å². The van der Waals surface area contributed by atoms with E-state index >= 15 is 0 Å². The Bertz CT molecular complexity index is 511. The molecule has 1 aromatic heterocycles. The van der Waals surface area contributed by atoms with Crippen LogP contribution in [-0.2, 0) is 13.1 Å². The zero-order chi connectivity index (χ0) is 13.7. The van der Waals surface area contributed by atoms with Crippen molar-refractivity contribution in [2.45, 2.75) is 20.0 Å². The maximum atomic E-state index is 5.39. The van der Waals surface area contributed by atoms with Gasteiger partial charge in [-0.15, -0.1) is 0 Å². The average Bonchev–Trinajstić information content (AvgIpc) is 2.91. The standard InChI is InChI=1S/C15H18BrNO2/c1-3-17(11-13-5-4-8-19-13)10-12-6-7-15(18-2)14(16)9-12/h4-9H,3,10-11H2,1-2H3. The lowest BCUT2D eigenvalue weighted by molar-refractivity contribution is 0.247. The Morgan fingerprint density at radius 1 is 1.26 bits per heavy atom. The summed E-state index contributed by atoms with van der Waals surface area (Å²) in [5.41, 5.74) is 1.25. The minimum absolute atomic E-state index is 0.827. The van der Waals surface area contributed by atoms with Crippen LogP contribution in [0.25, 0.3) is 0 Å². The van der Waals surface area contributed by atoms with E-state index in [9.17, 15) is 0 Å². The van der Waals surface area contributed by atoms with Gasteiger partial charge < -0.3 is 9.15 Å². The van der Waals surface area contributed by atoms with Crippen molar-refractivity contribution in [3.8, 4) is 5.75 Å². The fourth-order valence-electron chi connectivity index (χ4n) is 1.97. The molecular weight excluding hydrogens is 306 g/mol. The summed E-state index contributed by atoms with van der Waals surface area (Å²) in [5, 5.41) is 0. The molecule has 1 aromatic carbocycles. The van der Waals surface area contributed by atoms with Crippen LogP contribution in [0.2, 0.25) is 0 Å². The lowest BCUT2D eigenvalue weighted by atomic mass is 10.2. The van der Waals surface area contributed by atoms with Crippen LogP contribution >= 0.6 is 15.9 Å². The first-order valence-corrected chi connectivity index (χ1v) is 7.09. The van der Waals surface area contributed by atoms with Gasteiger partial charge in [-0.1, -0.05) is 13.0 Å². The topological polar surface area (TPSA) is 25.6 Å². The molecule has 0 saturated carbocycles. The van der Waals surface area contributed by atoms with Crippen molar-refractivity contribution >= 4 is 15.9 Å². The molecule has 0 aliphatic rings. The number of hydrogen-bond acceptors (Lipinski definition) is 3. The van der Waals surface area contributed by atoms with Crippen LogP contribution in [0.1, 0.15) is 18.2 Å². The quantitative estimate of drug-likeness (QED) is 0.801. The molecule has 0 amide bonds. The number of hydrogen-bond donors (Lipinski definition) is 0. The van der Waals surface area contributed by atoms with Gasteiger partial charge in [0.25, 0.3) is 0 Å². The Morgan fingerprint density at radius 2 is 2.11 bits per heavy atom. The third-order valence-corrected chi connectivity index (χ3v) is 3.65. The number of benzene rings is 1. The van der Waals surface area contributed by atoms with Crippen LogP contribution in [0, 0.1) is 0 Å². The first-order chi connectivity index (χ1) is 9.22. The molecule has 0 fully saturated rings. The average molecular weight is 324 g/mol. The van der Waals surface area contributed by atoms with Crippen molar-refractivity contribution in [3.05, 3.63) is 52.4 Å². The monoisotopic (exact) mass is 323 g/mol. The molecule has 0 spiro atoms. The number of nitrogens with zero attached hydrogens (tertiary/aromatic N) is 1. The number of rotatable bonds is 6. The molecule has 1 heterocycles. The van der Waals surface area contributed by atoms with Crippen LogP contribution in [-0.4, -0.2) is 18.6 Å². The maximum Gasteiger partial charge on any atom is 0.133 e. The van der Waals surface area contributed by atoms with Crippen LogP contribution in [0.4, 0.5) is 0 Å². The van der Waals surface area contributed by atoms with E-state index in [1.807, 2.05) is 18.2 Å². The third kappa shape index (κ3) is 3.85. The Hall–Kier alpha value is -1.26. The zero-order valence-electron chi connectivity index (χ0n) is 11.2. The summed E-state index contributed by atoms with van der Waals surface area (Å²) in [6, 6.07) is 10.1. The molecule has 0 bridgehead atoms. The molecule has 0 saturated heterocycles. The third-order valence-electron chi connectivity index (χ3n) is 3.03. The van der Waals surface area contributed by atoms with Crippen molar-refractivity contribution in [3.63, 3.8) is 0 Å². The normalized spacial score (nSPS) is 10.9. The summed E-state index contributed by atoms with van der Waals surface area (Å²) in [7, 11) is 1.68. The predicted molar refractivity (Wildman–Crippen MR) is 79.2 cm³/mol. The minimum Gasteiger partial charge on any atom is -0.496 e. The van der Waals surface area contributed by atoms with E-state index in [4.69, 9.17) is 9.15 Å². The maximum absolute atomic E-state index is 5.39. The Labute approximate surface area is 122 Å².